The van der Waals surface area contributed by atoms with Crippen molar-refractivity contribution in [2.45, 2.75) is 52.1 Å². The first-order valence-electron chi connectivity index (χ1n) is 9.52. The summed E-state index contributed by atoms with van der Waals surface area (Å²) >= 11 is 1.24. The fourth-order valence-corrected chi connectivity index (χ4v) is 3.71. The summed E-state index contributed by atoms with van der Waals surface area (Å²) in [6, 6.07) is 5.59. The van der Waals surface area contributed by atoms with Gasteiger partial charge in [0, 0.05) is 44.3 Å². The lowest BCUT2D eigenvalue weighted by atomic mass is 10.0. The van der Waals surface area contributed by atoms with E-state index in [4.69, 9.17) is 14.2 Å². The van der Waals surface area contributed by atoms with E-state index in [9.17, 15) is 9.59 Å². The quantitative estimate of drug-likeness (QED) is 0.449. The van der Waals surface area contributed by atoms with Crippen molar-refractivity contribution in [2.24, 2.45) is 0 Å². The zero-order chi connectivity index (χ0) is 20.7. The first kappa shape index (κ1) is 22.4. The average molecular weight is 411 g/mol. The second-order valence-electron chi connectivity index (χ2n) is 7.34. The van der Waals surface area contributed by atoms with E-state index in [1.54, 1.807) is 13.1 Å². The van der Waals surface area contributed by atoms with Crippen LogP contribution in [0.1, 0.15) is 45.6 Å². The van der Waals surface area contributed by atoms with Gasteiger partial charge in [-0.3, -0.25) is 4.79 Å². The predicted molar refractivity (Wildman–Crippen MR) is 109 cm³/mol. The number of hydrogen-bond donors (Lipinski definition) is 0. The number of esters is 1. The van der Waals surface area contributed by atoms with Gasteiger partial charge in [-0.05, 0) is 26.3 Å². The Balaban J connectivity index is 1.98. The van der Waals surface area contributed by atoms with E-state index < -0.39 is 6.09 Å². The zero-order valence-electron chi connectivity index (χ0n) is 17.3. The molecule has 1 aliphatic heterocycles. The predicted octanol–water partition coefficient (Wildman–Crippen LogP) is 4.06. The van der Waals surface area contributed by atoms with Crippen LogP contribution in [0.4, 0.5) is 4.79 Å². The van der Waals surface area contributed by atoms with Gasteiger partial charge in [0.05, 0.1) is 13.5 Å². The standard InChI is InChI=1S/C20H30N2O5S/c1-6-7-12-22(13-11-17(23)25-5)28-21(4)19(24)26-16-10-8-9-15-14-20(2,3)27-18(15)16/h8-10H,6-7,11-14H2,1-5H3. The maximum absolute atomic E-state index is 12.6. The largest absolute Gasteiger partial charge is 0.483 e. The van der Waals surface area contributed by atoms with E-state index in [2.05, 4.69) is 6.92 Å². The minimum Gasteiger partial charge on any atom is -0.483 e. The van der Waals surface area contributed by atoms with Gasteiger partial charge in [0.2, 0.25) is 0 Å². The number of methoxy groups -OCH3 is 1. The summed E-state index contributed by atoms with van der Waals surface area (Å²) in [5.74, 6) is 0.787. The van der Waals surface area contributed by atoms with Crippen LogP contribution in [0.5, 0.6) is 11.5 Å². The highest BCUT2D eigenvalue weighted by atomic mass is 32.2. The van der Waals surface area contributed by atoms with Crippen molar-refractivity contribution in [3.05, 3.63) is 23.8 Å². The molecule has 0 fully saturated rings. The molecule has 1 heterocycles. The molecule has 0 aliphatic carbocycles. The van der Waals surface area contributed by atoms with E-state index in [0.29, 0.717) is 18.0 Å². The van der Waals surface area contributed by atoms with Crippen molar-refractivity contribution in [1.29, 1.82) is 0 Å². The lowest BCUT2D eigenvalue weighted by Gasteiger charge is -2.25. The molecular weight excluding hydrogens is 380 g/mol. The van der Waals surface area contributed by atoms with Crippen molar-refractivity contribution < 1.29 is 23.8 Å². The lowest BCUT2D eigenvalue weighted by Crippen LogP contribution is -2.31. The summed E-state index contributed by atoms with van der Waals surface area (Å²) < 4.78 is 19.6. The fraction of sp³-hybridized carbons (Fsp3) is 0.600. The summed E-state index contributed by atoms with van der Waals surface area (Å²) in [5, 5.41) is 0. The van der Waals surface area contributed by atoms with Crippen molar-refractivity contribution in [3.8, 4) is 11.5 Å². The molecule has 0 N–H and O–H groups in total. The maximum Gasteiger partial charge on any atom is 0.426 e. The Morgan fingerprint density at radius 2 is 2.04 bits per heavy atom. The molecule has 1 aliphatic rings. The molecule has 2 rings (SSSR count). The molecule has 0 unspecified atom stereocenters. The van der Waals surface area contributed by atoms with Gasteiger partial charge in [0.25, 0.3) is 0 Å². The van der Waals surface area contributed by atoms with E-state index >= 15 is 0 Å². The molecule has 0 atom stereocenters. The van der Waals surface area contributed by atoms with Gasteiger partial charge in [-0.25, -0.2) is 13.4 Å². The highest BCUT2D eigenvalue weighted by Gasteiger charge is 2.33. The summed E-state index contributed by atoms with van der Waals surface area (Å²) in [6.45, 7) is 7.36. The van der Waals surface area contributed by atoms with Gasteiger partial charge in [0.15, 0.2) is 11.5 Å². The second-order valence-corrected chi connectivity index (χ2v) is 8.57. The van der Waals surface area contributed by atoms with Gasteiger partial charge in [0.1, 0.15) is 5.60 Å². The third-order valence-electron chi connectivity index (χ3n) is 4.30. The molecule has 1 aromatic rings. The Kier molecular flexibility index (Phi) is 8.00. The maximum atomic E-state index is 12.6. The number of amides is 1. The minimum absolute atomic E-state index is 0.269. The summed E-state index contributed by atoms with van der Waals surface area (Å²) in [6.07, 6.45) is 2.53. The number of benzene rings is 1. The number of hydrogen-bond acceptors (Lipinski definition) is 7. The molecule has 0 spiro atoms. The van der Waals surface area contributed by atoms with Crippen LogP contribution in [0.15, 0.2) is 18.2 Å². The van der Waals surface area contributed by atoms with Crippen LogP contribution in [0.25, 0.3) is 0 Å². The fourth-order valence-electron chi connectivity index (χ4n) is 2.88. The Hall–Kier alpha value is -1.93. The van der Waals surface area contributed by atoms with Crippen LogP contribution in [0.2, 0.25) is 0 Å². The second kappa shape index (κ2) is 10.0. The Labute approximate surface area is 171 Å². The number of carbonyl (C=O) groups excluding carboxylic acids is 2. The lowest BCUT2D eigenvalue weighted by molar-refractivity contribution is -0.140. The van der Waals surface area contributed by atoms with Crippen LogP contribution >= 0.6 is 12.1 Å². The zero-order valence-corrected chi connectivity index (χ0v) is 18.1. The molecular formula is C20H30N2O5S. The Bertz CT molecular complexity index is 695. The molecule has 8 heteroatoms. The Morgan fingerprint density at radius 1 is 1.29 bits per heavy atom. The van der Waals surface area contributed by atoms with Crippen LogP contribution < -0.4 is 9.47 Å². The van der Waals surface area contributed by atoms with Crippen molar-refractivity contribution in [3.63, 3.8) is 0 Å². The number of para-hydroxylation sites is 1. The van der Waals surface area contributed by atoms with E-state index in [-0.39, 0.29) is 18.0 Å². The molecule has 0 saturated heterocycles. The SMILES string of the molecule is CCCCN(CCC(=O)OC)SN(C)C(=O)Oc1cccc2c1OC(C)(C)C2. The minimum atomic E-state index is -0.494. The van der Waals surface area contributed by atoms with Gasteiger partial charge in [-0.15, -0.1) is 0 Å². The molecule has 28 heavy (non-hydrogen) atoms. The van der Waals surface area contributed by atoms with E-state index in [0.717, 1.165) is 31.4 Å². The van der Waals surface area contributed by atoms with Crippen LogP contribution in [-0.4, -0.2) is 53.5 Å². The summed E-state index contributed by atoms with van der Waals surface area (Å²) in [5.41, 5.74) is 0.726. The van der Waals surface area contributed by atoms with Gasteiger partial charge >= 0.3 is 12.1 Å². The number of ether oxygens (including phenoxy) is 3. The third kappa shape index (κ3) is 6.31. The number of unbranched alkanes of at least 4 members (excludes halogenated alkanes) is 1. The molecule has 0 saturated carbocycles. The van der Waals surface area contributed by atoms with Gasteiger partial charge < -0.3 is 14.2 Å². The topological polar surface area (TPSA) is 68.3 Å². The molecule has 7 nitrogen and oxygen atoms in total. The smallest absolute Gasteiger partial charge is 0.426 e. The van der Waals surface area contributed by atoms with Crippen LogP contribution in [-0.2, 0) is 16.0 Å². The highest BCUT2D eigenvalue weighted by molar-refractivity contribution is 7.95. The van der Waals surface area contributed by atoms with Crippen molar-refractivity contribution in [1.82, 2.24) is 8.61 Å². The van der Waals surface area contributed by atoms with E-state index in [1.807, 2.05) is 30.3 Å². The number of nitrogens with zero attached hydrogens (tertiary/aromatic N) is 2. The normalized spacial score (nSPS) is 14.4. The van der Waals surface area contributed by atoms with Crippen molar-refractivity contribution >= 4 is 24.2 Å². The molecule has 0 bridgehead atoms. The third-order valence-corrected chi connectivity index (χ3v) is 5.29. The molecule has 1 aromatic carbocycles. The van der Waals surface area contributed by atoms with Crippen LogP contribution in [0.3, 0.4) is 0 Å². The summed E-state index contributed by atoms with van der Waals surface area (Å²) in [7, 11) is 3.02. The number of fused-ring (bicyclic) bond motifs is 1. The first-order chi connectivity index (χ1) is 13.3. The van der Waals surface area contributed by atoms with Gasteiger partial charge in [-0.2, -0.15) is 0 Å². The molecule has 0 aromatic heterocycles. The van der Waals surface area contributed by atoms with Gasteiger partial charge in [-0.1, -0.05) is 25.5 Å². The molecule has 156 valence electrons. The monoisotopic (exact) mass is 410 g/mol. The van der Waals surface area contributed by atoms with Crippen molar-refractivity contribution in [2.75, 3.05) is 27.2 Å². The summed E-state index contributed by atoms with van der Waals surface area (Å²) in [4.78, 5) is 24.0. The average Bonchev–Trinajstić information content (AvgIpc) is 2.98. The number of carbonyl (C=O) groups is 2. The Morgan fingerprint density at radius 3 is 2.71 bits per heavy atom. The molecule has 1 amide bonds. The van der Waals surface area contributed by atoms with Crippen LogP contribution in [0, 0.1) is 0 Å². The highest BCUT2D eigenvalue weighted by Crippen LogP contribution is 2.42. The molecule has 0 radical (unpaired) electrons. The first-order valence-corrected chi connectivity index (χ1v) is 10.2. The number of rotatable bonds is 9. The van der Waals surface area contributed by atoms with E-state index in [1.165, 1.54) is 23.5 Å².